The highest BCUT2D eigenvalue weighted by atomic mass is 32.1. The Hall–Kier alpha value is -5.14. The zero-order valence-electron chi connectivity index (χ0n) is 30.1. The number of fused-ring (bicyclic) bond motifs is 1. The number of ether oxygens (including phenoxy) is 3. The minimum atomic E-state index is -0.364. The summed E-state index contributed by atoms with van der Waals surface area (Å²) in [5, 5.41) is 4.25. The van der Waals surface area contributed by atoms with E-state index in [4.69, 9.17) is 19.2 Å². The molecule has 268 valence electrons. The highest BCUT2D eigenvalue weighted by Crippen LogP contribution is 2.37. The number of benzene rings is 4. The molecule has 1 saturated carbocycles. The van der Waals surface area contributed by atoms with E-state index < -0.39 is 0 Å². The maximum absolute atomic E-state index is 11.2. The molecule has 0 radical (unpaired) electrons. The molecule has 1 aliphatic carbocycles. The average molecular weight is 713 g/mol. The lowest BCUT2D eigenvalue weighted by Gasteiger charge is -2.17. The van der Waals surface area contributed by atoms with Crippen LogP contribution in [0.25, 0.3) is 33.2 Å². The summed E-state index contributed by atoms with van der Waals surface area (Å²) >= 11 is 1.64. The van der Waals surface area contributed by atoms with Gasteiger partial charge in [0.05, 0.1) is 23.4 Å². The van der Waals surface area contributed by atoms with E-state index in [1.54, 1.807) is 11.3 Å². The second kappa shape index (κ2) is 18.9. The second-order valence-electron chi connectivity index (χ2n) is 13.1. The molecule has 7 heteroatoms. The van der Waals surface area contributed by atoms with E-state index in [9.17, 15) is 4.79 Å². The van der Waals surface area contributed by atoms with Crippen molar-refractivity contribution in [1.29, 1.82) is 0 Å². The molecule has 1 aliphatic rings. The Morgan fingerprint density at radius 2 is 1.63 bits per heavy atom. The Morgan fingerprint density at radius 3 is 2.38 bits per heavy atom. The maximum atomic E-state index is 11.2. The van der Waals surface area contributed by atoms with Gasteiger partial charge in [0.15, 0.2) is 5.13 Å². The van der Waals surface area contributed by atoms with Crippen molar-refractivity contribution in [2.45, 2.75) is 71.1 Å². The number of thiazole rings is 1. The van der Waals surface area contributed by atoms with Crippen molar-refractivity contribution in [3.8, 4) is 22.6 Å². The summed E-state index contributed by atoms with van der Waals surface area (Å²) in [6.45, 7) is 6.71. The number of anilines is 1. The molecule has 5 aromatic rings. The van der Waals surface area contributed by atoms with E-state index in [-0.39, 0.29) is 5.97 Å². The summed E-state index contributed by atoms with van der Waals surface area (Å²) < 4.78 is 19.2. The van der Waals surface area contributed by atoms with Crippen molar-refractivity contribution < 1.29 is 19.0 Å². The standard InChI is InChI=1S/C45H48N2O4S/c1-3-13-33-18-20-34(21-19-33)37-24-27-41(38(32-37)28-29-46-45-47-40-16-9-10-17-42(40)52-45)51-44(35-14-7-8-15-35)36-22-25-39(26-23-36)49-30-11-5-6-12-31-50-43(48)4-2/h4,9-10,16-29,32H,2-3,5-8,11-15,30-31H2,1H3,(H,46,47)/b29-28+. The predicted octanol–water partition coefficient (Wildman–Crippen LogP) is 12.0. The van der Waals surface area contributed by atoms with Crippen LogP contribution < -0.4 is 14.8 Å². The third-order valence-corrected chi connectivity index (χ3v) is 10.1. The lowest BCUT2D eigenvalue weighted by atomic mass is 10.00. The number of rotatable bonds is 18. The SMILES string of the molecule is C=CC(=O)OCCCCCCOc1ccc(C(Oc2ccc(-c3ccc(CCC)cc3)cc2/C=C/Nc2nc3ccccc3s2)=C2CCCC2)cc1. The monoisotopic (exact) mass is 712 g/mol. The summed E-state index contributed by atoms with van der Waals surface area (Å²) in [5.74, 6) is 2.23. The van der Waals surface area contributed by atoms with E-state index >= 15 is 0 Å². The fourth-order valence-corrected chi connectivity index (χ4v) is 7.24. The Labute approximate surface area is 311 Å². The summed E-state index contributed by atoms with van der Waals surface area (Å²) in [4.78, 5) is 15.9. The molecule has 6 nitrogen and oxygen atoms in total. The van der Waals surface area contributed by atoms with Crippen molar-refractivity contribution in [3.63, 3.8) is 0 Å². The molecule has 0 saturated heterocycles. The molecule has 0 spiro atoms. The Kier molecular flexibility index (Phi) is 13.3. The number of esters is 1. The van der Waals surface area contributed by atoms with Gasteiger partial charge in [-0.15, -0.1) is 0 Å². The van der Waals surface area contributed by atoms with Crippen LogP contribution in [0.2, 0.25) is 0 Å². The molecule has 4 aromatic carbocycles. The molecule has 0 bridgehead atoms. The third-order valence-electron chi connectivity index (χ3n) is 9.17. The van der Waals surface area contributed by atoms with Gasteiger partial charge >= 0.3 is 5.97 Å². The molecule has 1 fully saturated rings. The number of unbranched alkanes of at least 4 members (excludes halogenated alkanes) is 3. The fraction of sp³-hybridized carbons (Fsp3) is 0.289. The van der Waals surface area contributed by atoms with E-state index in [1.165, 1.54) is 35.6 Å². The van der Waals surface area contributed by atoms with Crippen molar-refractivity contribution >= 4 is 44.5 Å². The topological polar surface area (TPSA) is 69.7 Å². The van der Waals surface area contributed by atoms with E-state index in [0.29, 0.717) is 13.2 Å². The largest absolute Gasteiger partial charge is 0.494 e. The Morgan fingerprint density at radius 1 is 0.885 bits per heavy atom. The summed E-state index contributed by atoms with van der Waals surface area (Å²) in [7, 11) is 0. The summed E-state index contributed by atoms with van der Waals surface area (Å²) in [6.07, 6.45) is 15.7. The number of aryl methyl sites for hydroxylation is 1. The van der Waals surface area contributed by atoms with E-state index in [0.717, 1.165) is 101 Å². The lowest BCUT2D eigenvalue weighted by Crippen LogP contribution is -2.03. The van der Waals surface area contributed by atoms with Crippen LogP contribution in [0.4, 0.5) is 5.13 Å². The molecular formula is C45H48N2O4S. The average Bonchev–Trinajstić information content (AvgIpc) is 3.87. The van der Waals surface area contributed by atoms with E-state index in [2.05, 4.69) is 85.6 Å². The van der Waals surface area contributed by atoms with Gasteiger partial charge in [0.25, 0.3) is 0 Å². The first-order chi connectivity index (χ1) is 25.6. The highest BCUT2D eigenvalue weighted by molar-refractivity contribution is 7.22. The molecule has 1 aromatic heterocycles. The van der Waals surface area contributed by atoms with Gasteiger partial charge < -0.3 is 19.5 Å². The number of hydrogen-bond donors (Lipinski definition) is 1. The first-order valence-electron chi connectivity index (χ1n) is 18.5. The van der Waals surface area contributed by atoms with Crippen molar-refractivity contribution in [1.82, 2.24) is 4.98 Å². The Balaban J connectivity index is 1.18. The maximum Gasteiger partial charge on any atom is 0.330 e. The molecule has 1 heterocycles. The van der Waals surface area contributed by atoms with Gasteiger partial charge in [0, 0.05) is 23.4 Å². The predicted molar refractivity (Wildman–Crippen MR) is 216 cm³/mol. The van der Waals surface area contributed by atoms with Crippen LogP contribution >= 0.6 is 11.3 Å². The number of nitrogens with one attached hydrogen (secondary N) is 1. The zero-order chi connectivity index (χ0) is 36.0. The number of allylic oxidation sites excluding steroid dienone is 1. The first-order valence-corrected chi connectivity index (χ1v) is 19.4. The van der Waals surface area contributed by atoms with Crippen LogP contribution in [-0.4, -0.2) is 24.2 Å². The summed E-state index contributed by atoms with van der Waals surface area (Å²) in [6, 6.07) is 31.9. The number of nitrogens with zero attached hydrogens (tertiary/aromatic N) is 1. The van der Waals surface area contributed by atoms with Crippen LogP contribution in [0.15, 0.2) is 115 Å². The molecule has 52 heavy (non-hydrogen) atoms. The number of hydrogen-bond acceptors (Lipinski definition) is 7. The minimum Gasteiger partial charge on any atom is -0.494 e. The second-order valence-corrected chi connectivity index (χ2v) is 14.1. The van der Waals surface area contributed by atoms with Gasteiger partial charge in [-0.25, -0.2) is 9.78 Å². The number of para-hydroxylation sites is 1. The molecule has 1 N–H and O–H groups in total. The van der Waals surface area contributed by atoms with Gasteiger partial charge in [-0.3, -0.25) is 0 Å². The van der Waals surface area contributed by atoms with Crippen LogP contribution in [0, 0.1) is 0 Å². The zero-order valence-corrected chi connectivity index (χ0v) is 30.9. The molecular weight excluding hydrogens is 665 g/mol. The van der Waals surface area contributed by atoms with Crippen LogP contribution in [-0.2, 0) is 16.0 Å². The normalized spacial score (nSPS) is 12.7. The highest BCUT2D eigenvalue weighted by Gasteiger charge is 2.18. The van der Waals surface area contributed by atoms with Gasteiger partial charge in [-0.2, -0.15) is 0 Å². The minimum absolute atomic E-state index is 0.364. The van der Waals surface area contributed by atoms with Gasteiger partial charge in [-0.05, 0) is 135 Å². The quantitative estimate of drug-likeness (QED) is 0.0422. The van der Waals surface area contributed by atoms with Crippen LogP contribution in [0.1, 0.15) is 81.4 Å². The molecule has 0 atom stereocenters. The lowest BCUT2D eigenvalue weighted by molar-refractivity contribution is -0.137. The van der Waals surface area contributed by atoms with Crippen LogP contribution in [0.3, 0.4) is 0 Å². The van der Waals surface area contributed by atoms with E-state index in [1.807, 2.05) is 36.5 Å². The van der Waals surface area contributed by atoms with Crippen molar-refractivity contribution in [2.75, 3.05) is 18.5 Å². The smallest absolute Gasteiger partial charge is 0.330 e. The van der Waals surface area contributed by atoms with Crippen molar-refractivity contribution in [2.24, 2.45) is 0 Å². The van der Waals surface area contributed by atoms with Gasteiger partial charge in [0.1, 0.15) is 17.3 Å². The fourth-order valence-electron chi connectivity index (χ4n) is 6.40. The number of aromatic nitrogens is 1. The molecule has 0 aliphatic heterocycles. The third kappa shape index (κ3) is 10.2. The number of carbonyl (C=O) groups is 1. The summed E-state index contributed by atoms with van der Waals surface area (Å²) in [5.41, 5.74) is 8.06. The molecule has 0 amide bonds. The molecule has 0 unspecified atom stereocenters. The van der Waals surface area contributed by atoms with Gasteiger partial charge in [-0.1, -0.05) is 73.7 Å². The van der Waals surface area contributed by atoms with Gasteiger partial charge in [0.2, 0.25) is 0 Å². The number of carbonyl (C=O) groups excluding carboxylic acids is 1. The Bertz CT molecular complexity index is 1950. The molecule has 6 rings (SSSR count). The van der Waals surface area contributed by atoms with Crippen LogP contribution in [0.5, 0.6) is 11.5 Å². The van der Waals surface area contributed by atoms with Crippen molar-refractivity contribution in [3.05, 3.63) is 132 Å². The first kappa shape index (κ1) is 36.6.